The lowest BCUT2D eigenvalue weighted by Gasteiger charge is -2.29. The molecule has 29 heavy (non-hydrogen) atoms. The Morgan fingerprint density at radius 1 is 1.07 bits per heavy atom. The van der Waals surface area contributed by atoms with E-state index >= 15 is 0 Å². The van der Waals surface area contributed by atoms with Gasteiger partial charge in [-0.2, -0.15) is 5.10 Å². The van der Waals surface area contributed by atoms with Crippen molar-refractivity contribution in [1.29, 1.82) is 0 Å². The maximum absolute atomic E-state index is 12.5. The van der Waals surface area contributed by atoms with E-state index in [0.29, 0.717) is 31.4 Å². The number of aromatic nitrogens is 5. The molecule has 10 heteroatoms. The third kappa shape index (κ3) is 4.28. The molecule has 1 fully saturated rings. The summed E-state index contributed by atoms with van der Waals surface area (Å²) in [5.41, 5.74) is 1.45. The van der Waals surface area contributed by atoms with E-state index in [1.165, 1.54) is 23.3 Å². The molecule has 9 nitrogen and oxygen atoms in total. The van der Waals surface area contributed by atoms with Crippen LogP contribution in [0, 0.1) is 0 Å². The molecular weight excluding hydrogens is 392 g/mol. The molecule has 3 aromatic rings. The molecule has 0 saturated heterocycles. The summed E-state index contributed by atoms with van der Waals surface area (Å²) < 4.78 is 30.8. The second kappa shape index (κ2) is 7.88. The highest BCUT2D eigenvalue weighted by molar-refractivity contribution is 7.89. The van der Waals surface area contributed by atoms with Gasteiger partial charge in [-0.15, -0.1) is 0 Å². The van der Waals surface area contributed by atoms with E-state index in [1.807, 2.05) is 12.1 Å². The number of hydrogen-bond donors (Lipinski definition) is 1. The van der Waals surface area contributed by atoms with Crippen molar-refractivity contribution in [3.8, 4) is 11.3 Å². The summed E-state index contributed by atoms with van der Waals surface area (Å²) in [6, 6.07) is 6.69. The minimum atomic E-state index is -3.64. The average molecular weight is 414 g/mol. The van der Waals surface area contributed by atoms with Crippen LogP contribution >= 0.6 is 0 Å². The Labute approximate surface area is 168 Å². The predicted molar refractivity (Wildman–Crippen MR) is 107 cm³/mol. The highest BCUT2D eigenvalue weighted by atomic mass is 32.2. The van der Waals surface area contributed by atoms with Gasteiger partial charge >= 0.3 is 0 Å². The van der Waals surface area contributed by atoms with Crippen LogP contribution in [0.3, 0.4) is 0 Å². The summed E-state index contributed by atoms with van der Waals surface area (Å²) in [5, 5.41) is 4.56. The van der Waals surface area contributed by atoms with Crippen molar-refractivity contribution in [1.82, 2.24) is 29.0 Å². The van der Waals surface area contributed by atoms with Crippen LogP contribution in [0.2, 0.25) is 0 Å². The fourth-order valence-corrected chi connectivity index (χ4v) is 4.90. The van der Waals surface area contributed by atoms with Gasteiger partial charge in [0.25, 0.3) is 15.6 Å². The molecule has 0 bridgehead atoms. The lowest BCUT2D eigenvalue weighted by atomic mass is 9.92. The molecule has 0 atom stereocenters. The van der Waals surface area contributed by atoms with Crippen molar-refractivity contribution >= 4 is 10.0 Å². The van der Waals surface area contributed by atoms with Gasteiger partial charge in [-0.05, 0) is 43.9 Å². The first-order chi connectivity index (χ1) is 13.9. The molecule has 4 rings (SSSR count). The van der Waals surface area contributed by atoms with Crippen molar-refractivity contribution in [3.63, 3.8) is 0 Å². The number of pyridine rings is 1. The summed E-state index contributed by atoms with van der Waals surface area (Å²) in [4.78, 5) is 20.3. The molecule has 3 heterocycles. The lowest BCUT2D eigenvalue weighted by Crippen LogP contribution is -2.39. The molecule has 1 aliphatic carbocycles. The first kappa shape index (κ1) is 19.5. The van der Waals surface area contributed by atoms with Crippen LogP contribution in [0.15, 0.2) is 59.0 Å². The molecule has 1 saturated carbocycles. The minimum absolute atomic E-state index is 0.0186. The van der Waals surface area contributed by atoms with Gasteiger partial charge in [0.15, 0.2) is 5.03 Å². The Balaban J connectivity index is 1.45. The van der Waals surface area contributed by atoms with E-state index in [1.54, 1.807) is 30.1 Å². The third-order valence-electron chi connectivity index (χ3n) is 5.12. The van der Waals surface area contributed by atoms with Crippen LogP contribution in [-0.2, 0) is 17.1 Å². The van der Waals surface area contributed by atoms with E-state index < -0.39 is 10.0 Å². The monoisotopic (exact) mass is 414 g/mol. The summed E-state index contributed by atoms with van der Waals surface area (Å²) in [5.74, 6) is 0. The van der Waals surface area contributed by atoms with E-state index in [2.05, 4.69) is 19.8 Å². The Kier molecular flexibility index (Phi) is 5.29. The lowest BCUT2D eigenvalue weighted by molar-refractivity contribution is 0.286. The fraction of sp³-hybridized carbons (Fsp3) is 0.368. The van der Waals surface area contributed by atoms with Crippen LogP contribution in [0.1, 0.15) is 31.7 Å². The Hall–Kier alpha value is -2.85. The number of aryl methyl sites for hydroxylation is 1. The number of sulfonamides is 1. The number of nitrogens with one attached hydrogen (secondary N) is 1. The predicted octanol–water partition coefficient (Wildman–Crippen LogP) is 1.50. The van der Waals surface area contributed by atoms with Crippen LogP contribution in [0.25, 0.3) is 11.3 Å². The molecule has 0 spiro atoms. The van der Waals surface area contributed by atoms with Crippen molar-refractivity contribution < 1.29 is 8.42 Å². The molecule has 1 aliphatic rings. The first-order valence-corrected chi connectivity index (χ1v) is 10.9. The largest absolute Gasteiger partial charge is 0.339 e. The highest BCUT2D eigenvalue weighted by Crippen LogP contribution is 2.28. The van der Waals surface area contributed by atoms with Crippen molar-refractivity contribution in [2.75, 3.05) is 0 Å². The molecule has 1 N–H and O–H groups in total. The fourth-order valence-electron chi connectivity index (χ4n) is 3.61. The maximum Gasteiger partial charge on any atom is 0.267 e. The van der Waals surface area contributed by atoms with Crippen LogP contribution < -0.4 is 10.3 Å². The summed E-state index contributed by atoms with van der Waals surface area (Å²) in [6.45, 7) is 0. The molecule has 0 aromatic carbocycles. The summed E-state index contributed by atoms with van der Waals surface area (Å²) in [6.07, 6.45) is 8.90. The van der Waals surface area contributed by atoms with Crippen LogP contribution in [-0.4, -0.2) is 38.8 Å². The zero-order chi connectivity index (χ0) is 20.4. The van der Waals surface area contributed by atoms with Crippen molar-refractivity contribution in [3.05, 3.63) is 59.5 Å². The van der Waals surface area contributed by atoms with Gasteiger partial charge in [-0.3, -0.25) is 9.78 Å². The standard InChI is InChI=1S/C19H22N6O3S/c1-24-12-18(21-13-24)29(27,28)23-15-2-4-16(5-3-15)25-19(26)7-6-17(22-25)14-8-10-20-11-9-14/h6-13,15-16,23H,2-5H2,1H3. The molecule has 0 radical (unpaired) electrons. The first-order valence-electron chi connectivity index (χ1n) is 9.43. The van der Waals surface area contributed by atoms with Gasteiger partial charge in [-0.25, -0.2) is 22.8 Å². The van der Waals surface area contributed by atoms with Crippen molar-refractivity contribution in [2.24, 2.45) is 7.05 Å². The average Bonchev–Trinajstić information content (AvgIpc) is 3.17. The molecule has 0 aliphatic heterocycles. The topological polar surface area (TPSA) is 112 Å². The smallest absolute Gasteiger partial charge is 0.267 e. The molecule has 3 aromatic heterocycles. The number of nitrogens with zero attached hydrogens (tertiary/aromatic N) is 5. The molecular formula is C19H22N6O3S. The van der Waals surface area contributed by atoms with E-state index in [-0.39, 0.29) is 22.7 Å². The van der Waals surface area contributed by atoms with Gasteiger partial charge in [0.2, 0.25) is 0 Å². The minimum Gasteiger partial charge on any atom is -0.339 e. The highest BCUT2D eigenvalue weighted by Gasteiger charge is 2.28. The van der Waals surface area contributed by atoms with Crippen LogP contribution in [0.4, 0.5) is 0 Å². The van der Waals surface area contributed by atoms with E-state index in [0.717, 1.165) is 5.56 Å². The molecule has 0 unspecified atom stereocenters. The molecule has 152 valence electrons. The van der Waals surface area contributed by atoms with Gasteiger partial charge in [0, 0.05) is 43.3 Å². The Morgan fingerprint density at radius 3 is 2.45 bits per heavy atom. The SMILES string of the molecule is Cn1cnc(S(=O)(=O)NC2CCC(n3nc(-c4ccncc4)ccc3=O)CC2)c1. The van der Waals surface area contributed by atoms with Crippen LogP contribution in [0.5, 0.6) is 0 Å². The third-order valence-corrected chi connectivity index (χ3v) is 6.53. The summed E-state index contributed by atoms with van der Waals surface area (Å²) >= 11 is 0. The number of rotatable bonds is 5. The van der Waals surface area contributed by atoms with E-state index in [9.17, 15) is 13.2 Å². The zero-order valence-electron chi connectivity index (χ0n) is 16.0. The zero-order valence-corrected chi connectivity index (χ0v) is 16.8. The van der Waals surface area contributed by atoms with Gasteiger partial charge in [-0.1, -0.05) is 0 Å². The number of hydrogen-bond acceptors (Lipinski definition) is 6. The Morgan fingerprint density at radius 2 is 1.79 bits per heavy atom. The van der Waals surface area contributed by atoms with Gasteiger partial charge in [0.05, 0.1) is 18.1 Å². The Bertz CT molecular complexity index is 1150. The normalized spacial score (nSPS) is 19.9. The summed E-state index contributed by atoms with van der Waals surface area (Å²) in [7, 11) is -1.92. The quantitative estimate of drug-likeness (QED) is 0.677. The maximum atomic E-state index is 12.5. The number of imidazole rings is 1. The molecule has 0 amide bonds. The second-order valence-electron chi connectivity index (χ2n) is 7.24. The van der Waals surface area contributed by atoms with Gasteiger partial charge < -0.3 is 4.57 Å². The van der Waals surface area contributed by atoms with Crippen molar-refractivity contribution in [2.45, 2.75) is 42.8 Å². The second-order valence-corrected chi connectivity index (χ2v) is 8.90. The van der Waals surface area contributed by atoms with E-state index in [4.69, 9.17) is 0 Å². The van der Waals surface area contributed by atoms with Gasteiger partial charge in [0.1, 0.15) is 0 Å².